The molecular weight excluding hydrogens is 314 g/mol. The second kappa shape index (κ2) is 6.74. The summed E-state index contributed by atoms with van der Waals surface area (Å²) in [6, 6.07) is 9.32. The summed E-state index contributed by atoms with van der Waals surface area (Å²) in [5, 5.41) is 20.6. The van der Waals surface area contributed by atoms with Crippen LogP contribution in [0.4, 0.5) is 5.69 Å². The summed E-state index contributed by atoms with van der Waals surface area (Å²) < 4.78 is 0. The lowest BCUT2D eigenvalue weighted by molar-refractivity contribution is 0.0692. The molecule has 0 fully saturated rings. The van der Waals surface area contributed by atoms with Gasteiger partial charge in [-0.05, 0) is 49.4 Å². The molecule has 7 heteroatoms. The summed E-state index contributed by atoms with van der Waals surface area (Å²) in [5.74, 6) is -3.51. The lowest BCUT2D eigenvalue weighted by Gasteiger charge is -2.09. The lowest BCUT2D eigenvalue weighted by atomic mass is 10.0. The third-order valence-corrected chi connectivity index (χ3v) is 3.29. The van der Waals surface area contributed by atoms with Crippen LogP contribution in [0.5, 0.6) is 0 Å². The largest absolute Gasteiger partial charge is 0.478 e. The van der Waals surface area contributed by atoms with Gasteiger partial charge in [0, 0.05) is 11.3 Å². The minimum atomic E-state index is -1.41. The number of ketones is 1. The number of benzene rings is 2. The van der Waals surface area contributed by atoms with Gasteiger partial charge in [-0.15, -0.1) is 0 Å². The van der Waals surface area contributed by atoms with Crippen molar-refractivity contribution in [2.45, 2.75) is 6.92 Å². The Kier molecular flexibility index (Phi) is 4.74. The van der Waals surface area contributed by atoms with Crippen molar-refractivity contribution < 1.29 is 29.4 Å². The first kappa shape index (κ1) is 16.9. The Morgan fingerprint density at radius 1 is 0.792 bits per heavy atom. The molecule has 0 unspecified atom stereocenters. The lowest BCUT2D eigenvalue weighted by Crippen LogP contribution is -2.17. The first-order valence-corrected chi connectivity index (χ1v) is 6.82. The summed E-state index contributed by atoms with van der Waals surface area (Å²) in [7, 11) is 0. The molecule has 0 radical (unpaired) electrons. The number of Topliss-reactive ketones (excluding diaryl/α,β-unsaturated/α-hetero) is 1. The zero-order valence-electron chi connectivity index (χ0n) is 12.6. The van der Waals surface area contributed by atoms with E-state index in [1.807, 2.05) is 0 Å². The van der Waals surface area contributed by atoms with Crippen molar-refractivity contribution in [1.29, 1.82) is 0 Å². The number of nitrogens with one attached hydrogen (secondary N) is 1. The van der Waals surface area contributed by atoms with E-state index in [9.17, 15) is 24.3 Å². The van der Waals surface area contributed by atoms with Crippen LogP contribution in [0.3, 0.4) is 0 Å². The van der Waals surface area contributed by atoms with Crippen molar-refractivity contribution in [2.75, 3.05) is 5.32 Å². The maximum Gasteiger partial charge on any atom is 0.336 e. The van der Waals surface area contributed by atoms with E-state index in [1.54, 1.807) is 0 Å². The minimum Gasteiger partial charge on any atom is -0.478 e. The fraction of sp³-hybridized carbons (Fsp3) is 0.0588. The van der Waals surface area contributed by atoms with Gasteiger partial charge in [0.05, 0.1) is 16.7 Å². The van der Waals surface area contributed by atoms with Gasteiger partial charge < -0.3 is 15.5 Å². The van der Waals surface area contributed by atoms with Crippen LogP contribution in [0.15, 0.2) is 42.5 Å². The van der Waals surface area contributed by atoms with Gasteiger partial charge in [0.1, 0.15) is 0 Å². The maximum absolute atomic E-state index is 12.3. The molecule has 122 valence electrons. The second-order valence-electron chi connectivity index (χ2n) is 4.96. The standard InChI is InChI=1S/C17H13NO6/c1-9(19)10-2-5-12(6-3-10)18-15(20)13-7-4-11(16(21)22)8-14(13)17(23)24/h2-8H,1H3,(H,18,20)(H,21,22)(H,23,24). The number of hydrogen-bond donors (Lipinski definition) is 3. The Balaban J connectivity index is 2.30. The molecule has 2 aromatic carbocycles. The molecule has 7 nitrogen and oxygen atoms in total. The number of aromatic carboxylic acids is 2. The molecule has 24 heavy (non-hydrogen) atoms. The summed E-state index contributed by atoms with van der Waals surface area (Å²) in [6.07, 6.45) is 0. The molecular formula is C17H13NO6. The zero-order chi connectivity index (χ0) is 17.9. The Hall–Kier alpha value is -3.48. The van der Waals surface area contributed by atoms with Crippen LogP contribution in [-0.2, 0) is 0 Å². The van der Waals surface area contributed by atoms with Crippen LogP contribution in [0.25, 0.3) is 0 Å². The molecule has 2 aromatic rings. The van der Waals surface area contributed by atoms with Crippen molar-refractivity contribution in [3.8, 4) is 0 Å². The molecule has 0 heterocycles. The summed E-state index contributed by atoms with van der Waals surface area (Å²) in [5.41, 5.74) is 0.0550. The zero-order valence-corrected chi connectivity index (χ0v) is 12.6. The SMILES string of the molecule is CC(=O)c1ccc(NC(=O)c2ccc(C(=O)O)cc2C(=O)O)cc1. The highest BCUT2D eigenvalue weighted by Crippen LogP contribution is 2.16. The van der Waals surface area contributed by atoms with Gasteiger partial charge in [0.2, 0.25) is 0 Å². The number of carbonyl (C=O) groups excluding carboxylic acids is 2. The van der Waals surface area contributed by atoms with Crippen LogP contribution in [-0.4, -0.2) is 33.8 Å². The Bertz CT molecular complexity index is 839. The number of carboxylic acids is 2. The molecule has 1 amide bonds. The normalized spacial score (nSPS) is 10.0. The molecule has 3 N–H and O–H groups in total. The first-order valence-electron chi connectivity index (χ1n) is 6.82. The number of amides is 1. The van der Waals surface area contributed by atoms with Crippen LogP contribution >= 0.6 is 0 Å². The second-order valence-corrected chi connectivity index (χ2v) is 4.96. The van der Waals surface area contributed by atoms with E-state index >= 15 is 0 Å². The summed E-state index contributed by atoms with van der Waals surface area (Å²) in [4.78, 5) is 45.6. The van der Waals surface area contributed by atoms with Gasteiger partial charge in [0.15, 0.2) is 5.78 Å². The minimum absolute atomic E-state index is 0.120. The molecule has 0 saturated carbocycles. The highest BCUT2D eigenvalue weighted by molar-refractivity contribution is 6.11. The summed E-state index contributed by atoms with van der Waals surface area (Å²) in [6.45, 7) is 1.41. The Labute approximate surface area is 136 Å². The van der Waals surface area contributed by atoms with Crippen LogP contribution in [0.1, 0.15) is 48.4 Å². The molecule has 0 saturated heterocycles. The third kappa shape index (κ3) is 3.64. The first-order chi connectivity index (χ1) is 11.3. The van der Waals surface area contributed by atoms with Crippen LogP contribution < -0.4 is 5.32 Å². The Morgan fingerprint density at radius 2 is 1.38 bits per heavy atom. The highest BCUT2D eigenvalue weighted by atomic mass is 16.4. The van der Waals surface area contributed by atoms with Crippen molar-refractivity contribution in [2.24, 2.45) is 0 Å². The fourth-order valence-electron chi connectivity index (χ4n) is 2.04. The summed E-state index contributed by atoms with van der Waals surface area (Å²) >= 11 is 0. The third-order valence-electron chi connectivity index (χ3n) is 3.29. The molecule has 0 aliphatic rings. The number of carbonyl (C=O) groups is 4. The highest BCUT2D eigenvalue weighted by Gasteiger charge is 2.19. The van der Waals surface area contributed by atoms with Gasteiger partial charge in [-0.3, -0.25) is 9.59 Å². The van der Waals surface area contributed by atoms with Crippen molar-refractivity contribution in [3.05, 3.63) is 64.7 Å². The number of rotatable bonds is 5. The van der Waals surface area contributed by atoms with E-state index < -0.39 is 23.4 Å². The molecule has 0 atom stereocenters. The van der Waals surface area contributed by atoms with E-state index in [-0.39, 0.29) is 16.9 Å². The van der Waals surface area contributed by atoms with E-state index in [0.29, 0.717) is 11.3 Å². The number of hydrogen-bond acceptors (Lipinski definition) is 4. The molecule has 2 rings (SSSR count). The van der Waals surface area contributed by atoms with Crippen molar-refractivity contribution in [1.82, 2.24) is 0 Å². The van der Waals surface area contributed by atoms with Gasteiger partial charge in [0.25, 0.3) is 5.91 Å². The molecule has 0 aliphatic heterocycles. The van der Waals surface area contributed by atoms with Crippen LogP contribution in [0.2, 0.25) is 0 Å². The smallest absolute Gasteiger partial charge is 0.336 e. The number of anilines is 1. The topological polar surface area (TPSA) is 121 Å². The monoisotopic (exact) mass is 327 g/mol. The Morgan fingerprint density at radius 3 is 1.88 bits per heavy atom. The van der Waals surface area contributed by atoms with Crippen molar-refractivity contribution >= 4 is 29.3 Å². The van der Waals surface area contributed by atoms with E-state index in [0.717, 1.165) is 18.2 Å². The van der Waals surface area contributed by atoms with Gasteiger partial charge in [-0.2, -0.15) is 0 Å². The van der Waals surface area contributed by atoms with Gasteiger partial charge >= 0.3 is 11.9 Å². The van der Waals surface area contributed by atoms with Gasteiger partial charge in [-0.25, -0.2) is 9.59 Å². The number of carboxylic acid groups (broad SMARTS) is 2. The quantitative estimate of drug-likeness (QED) is 0.726. The average molecular weight is 327 g/mol. The molecule has 0 aliphatic carbocycles. The predicted octanol–water partition coefficient (Wildman–Crippen LogP) is 2.54. The molecule has 0 aromatic heterocycles. The molecule has 0 spiro atoms. The molecule has 0 bridgehead atoms. The van der Waals surface area contributed by atoms with Gasteiger partial charge in [-0.1, -0.05) is 0 Å². The van der Waals surface area contributed by atoms with E-state index in [2.05, 4.69) is 5.32 Å². The fourth-order valence-corrected chi connectivity index (χ4v) is 2.04. The average Bonchev–Trinajstić information content (AvgIpc) is 2.54. The predicted molar refractivity (Wildman–Crippen MR) is 84.8 cm³/mol. The van der Waals surface area contributed by atoms with Crippen molar-refractivity contribution in [3.63, 3.8) is 0 Å². The van der Waals surface area contributed by atoms with Crippen LogP contribution in [0, 0.1) is 0 Å². The van der Waals surface area contributed by atoms with E-state index in [1.165, 1.54) is 31.2 Å². The maximum atomic E-state index is 12.3. The van der Waals surface area contributed by atoms with E-state index in [4.69, 9.17) is 5.11 Å².